The molecule has 1 atom stereocenters. The third-order valence-corrected chi connectivity index (χ3v) is 4.14. The normalized spacial score (nSPS) is 16.5. The Labute approximate surface area is 114 Å². The van der Waals surface area contributed by atoms with Gasteiger partial charge in [-0.25, -0.2) is 5.43 Å². The number of hydrazine groups is 1. The number of hydrogen-bond donors (Lipinski definition) is 2. The molecule has 92 valence electrons. The molecule has 0 radical (unpaired) electrons. The minimum absolute atomic E-state index is 0.0890. The van der Waals surface area contributed by atoms with Gasteiger partial charge < -0.3 is 4.74 Å². The van der Waals surface area contributed by atoms with Gasteiger partial charge in [0.2, 0.25) is 0 Å². The number of rotatable bonds is 5. The van der Waals surface area contributed by atoms with E-state index in [1.807, 2.05) is 12.1 Å². The highest BCUT2D eigenvalue weighted by atomic mass is 79.9. The molecule has 3 nitrogen and oxygen atoms in total. The molecular formula is C12H15BrN2OS. The Kier molecular flexibility index (Phi) is 4.91. The summed E-state index contributed by atoms with van der Waals surface area (Å²) in [6.45, 7) is 0.774. The van der Waals surface area contributed by atoms with E-state index >= 15 is 0 Å². The van der Waals surface area contributed by atoms with Crippen LogP contribution in [0.2, 0.25) is 0 Å². The standard InChI is InChI=1S/C12H15BrN2OS/c13-9-3-5-10(6-4-9)17-8-11(15-14)12-2-1-7-16-12/h2-6,11,15H,1,7-8,14H2. The van der Waals surface area contributed by atoms with Crippen LogP contribution < -0.4 is 11.3 Å². The molecule has 1 aliphatic heterocycles. The maximum atomic E-state index is 5.55. The van der Waals surface area contributed by atoms with Crippen molar-refractivity contribution in [2.24, 2.45) is 5.84 Å². The van der Waals surface area contributed by atoms with Crippen LogP contribution in [0.1, 0.15) is 6.42 Å². The predicted octanol–water partition coefficient (Wildman–Crippen LogP) is 2.68. The molecule has 0 spiro atoms. The maximum absolute atomic E-state index is 5.55. The van der Waals surface area contributed by atoms with Crippen LogP contribution in [0.5, 0.6) is 0 Å². The highest BCUT2D eigenvalue weighted by molar-refractivity contribution is 9.10. The van der Waals surface area contributed by atoms with E-state index in [0.717, 1.165) is 29.0 Å². The number of nitrogens with one attached hydrogen (secondary N) is 1. The molecule has 0 aromatic heterocycles. The molecule has 1 aromatic rings. The van der Waals surface area contributed by atoms with Crippen LogP contribution in [0.25, 0.3) is 0 Å². The molecule has 3 N–H and O–H groups in total. The number of halogens is 1. The summed E-state index contributed by atoms with van der Waals surface area (Å²) < 4.78 is 6.61. The van der Waals surface area contributed by atoms with E-state index in [9.17, 15) is 0 Å². The van der Waals surface area contributed by atoms with Crippen LogP contribution in [0.3, 0.4) is 0 Å². The van der Waals surface area contributed by atoms with E-state index in [1.54, 1.807) is 11.8 Å². The van der Waals surface area contributed by atoms with Gasteiger partial charge in [0.05, 0.1) is 12.6 Å². The lowest BCUT2D eigenvalue weighted by molar-refractivity contribution is 0.220. The van der Waals surface area contributed by atoms with Gasteiger partial charge in [-0.2, -0.15) is 0 Å². The Balaban J connectivity index is 1.89. The van der Waals surface area contributed by atoms with Gasteiger partial charge in [0.25, 0.3) is 0 Å². The zero-order valence-electron chi connectivity index (χ0n) is 9.36. The highest BCUT2D eigenvalue weighted by Gasteiger charge is 2.17. The molecule has 1 heterocycles. The van der Waals surface area contributed by atoms with Crippen molar-refractivity contribution >= 4 is 27.7 Å². The number of thioether (sulfide) groups is 1. The molecule has 0 fully saturated rings. The number of ether oxygens (including phenoxy) is 1. The molecule has 1 aromatic carbocycles. The molecule has 5 heteroatoms. The average Bonchev–Trinajstić information content (AvgIpc) is 2.86. The topological polar surface area (TPSA) is 47.3 Å². The summed E-state index contributed by atoms with van der Waals surface area (Å²) in [4.78, 5) is 1.23. The monoisotopic (exact) mass is 314 g/mol. The van der Waals surface area contributed by atoms with Crippen LogP contribution in [-0.2, 0) is 4.74 Å². The molecule has 2 rings (SSSR count). The molecule has 0 bridgehead atoms. The third kappa shape index (κ3) is 3.74. The van der Waals surface area contributed by atoms with E-state index in [4.69, 9.17) is 10.6 Å². The molecular weight excluding hydrogens is 300 g/mol. The Morgan fingerprint density at radius 1 is 1.41 bits per heavy atom. The van der Waals surface area contributed by atoms with E-state index in [1.165, 1.54) is 4.90 Å². The highest BCUT2D eigenvalue weighted by Crippen LogP contribution is 2.24. The Morgan fingerprint density at radius 2 is 2.18 bits per heavy atom. The van der Waals surface area contributed by atoms with Crippen molar-refractivity contribution in [2.45, 2.75) is 17.4 Å². The first-order valence-corrected chi connectivity index (χ1v) is 7.25. The molecule has 17 heavy (non-hydrogen) atoms. The van der Waals surface area contributed by atoms with Gasteiger partial charge in [0.1, 0.15) is 5.76 Å². The molecule has 1 unspecified atom stereocenters. The number of hydrogen-bond acceptors (Lipinski definition) is 4. The third-order valence-electron chi connectivity index (χ3n) is 2.51. The quantitative estimate of drug-likeness (QED) is 0.498. The van der Waals surface area contributed by atoms with E-state index in [0.29, 0.717) is 0 Å². The molecule has 0 saturated carbocycles. The van der Waals surface area contributed by atoms with Crippen LogP contribution in [-0.4, -0.2) is 18.4 Å². The Morgan fingerprint density at radius 3 is 2.76 bits per heavy atom. The van der Waals surface area contributed by atoms with Crippen molar-refractivity contribution in [2.75, 3.05) is 12.4 Å². The van der Waals surface area contributed by atoms with Crippen molar-refractivity contribution in [3.8, 4) is 0 Å². The van der Waals surface area contributed by atoms with Gasteiger partial charge in [0, 0.05) is 21.5 Å². The van der Waals surface area contributed by atoms with Crippen LogP contribution >= 0.6 is 27.7 Å². The molecule has 0 aliphatic carbocycles. The minimum atomic E-state index is 0.0890. The summed E-state index contributed by atoms with van der Waals surface area (Å²) in [5.41, 5.74) is 2.80. The van der Waals surface area contributed by atoms with Gasteiger partial charge in [-0.05, 0) is 30.3 Å². The minimum Gasteiger partial charge on any atom is -0.496 e. The smallest absolute Gasteiger partial charge is 0.111 e. The maximum Gasteiger partial charge on any atom is 0.111 e. The van der Waals surface area contributed by atoms with Gasteiger partial charge in [-0.15, -0.1) is 11.8 Å². The van der Waals surface area contributed by atoms with Crippen molar-refractivity contribution in [3.05, 3.63) is 40.6 Å². The number of nitrogens with two attached hydrogens (primary N) is 1. The average molecular weight is 315 g/mol. The van der Waals surface area contributed by atoms with Gasteiger partial charge in [-0.1, -0.05) is 15.9 Å². The summed E-state index contributed by atoms with van der Waals surface area (Å²) in [6, 6.07) is 8.35. The van der Waals surface area contributed by atoms with Crippen LogP contribution in [0.15, 0.2) is 45.5 Å². The SMILES string of the molecule is NNC(CSc1ccc(Br)cc1)C1=CCCO1. The predicted molar refractivity (Wildman–Crippen MR) is 74.6 cm³/mol. The summed E-state index contributed by atoms with van der Waals surface area (Å²) in [5.74, 6) is 7.38. The first-order chi connectivity index (χ1) is 8.29. The molecule has 0 saturated heterocycles. The lowest BCUT2D eigenvalue weighted by atomic mass is 10.3. The second-order valence-electron chi connectivity index (χ2n) is 3.73. The fourth-order valence-electron chi connectivity index (χ4n) is 1.60. The van der Waals surface area contributed by atoms with E-state index < -0.39 is 0 Å². The lowest BCUT2D eigenvalue weighted by Gasteiger charge is -2.16. The fourth-order valence-corrected chi connectivity index (χ4v) is 2.81. The lowest BCUT2D eigenvalue weighted by Crippen LogP contribution is -2.38. The summed E-state index contributed by atoms with van der Waals surface area (Å²) in [6.07, 6.45) is 3.09. The van der Waals surface area contributed by atoms with Gasteiger partial charge in [-0.3, -0.25) is 5.84 Å². The van der Waals surface area contributed by atoms with E-state index in [2.05, 4.69) is 39.6 Å². The Hall–Kier alpha value is -0.490. The molecule has 0 amide bonds. The summed E-state index contributed by atoms with van der Waals surface area (Å²) in [5, 5.41) is 0. The van der Waals surface area contributed by atoms with Crippen molar-refractivity contribution in [1.82, 2.24) is 5.43 Å². The first kappa shape index (κ1) is 13.0. The van der Waals surface area contributed by atoms with Gasteiger partial charge >= 0.3 is 0 Å². The second-order valence-corrected chi connectivity index (χ2v) is 5.74. The van der Waals surface area contributed by atoms with E-state index in [-0.39, 0.29) is 6.04 Å². The number of benzene rings is 1. The Bertz CT molecular complexity index is 394. The first-order valence-electron chi connectivity index (χ1n) is 5.47. The van der Waals surface area contributed by atoms with Crippen molar-refractivity contribution in [3.63, 3.8) is 0 Å². The van der Waals surface area contributed by atoms with Crippen molar-refractivity contribution < 1.29 is 4.74 Å². The fraction of sp³-hybridized carbons (Fsp3) is 0.333. The van der Waals surface area contributed by atoms with Crippen LogP contribution in [0, 0.1) is 0 Å². The van der Waals surface area contributed by atoms with Crippen molar-refractivity contribution in [1.29, 1.82) is 0 Å². The largest absolute Gasteiger partial charge is 0.496 e. The summed E-state index contributed by atoms with van der Waals surface area (Å²) >= 11 is 5.19. The van der Waals surface area contributed by atoms with Crippen LogP contribution in [0.4, 0.5) is 0 Å². The summed E-state index contributed by atoms with van der Waals surface area (Å²) in [7, 11) is 0. The van der Waals surface area contributed by atoms with Gasteiger partial charge in [0.15, 0.2) is 0 Å². The molecule has 1 aliphatic rings. The zero-order chi connectivity index (χ0) is 12.1. The zero-order valence-corrected chi connectivity index (χ0v) is 11.8. The second kappa shape index (κ2) is 6.44.